The molecular formula is C18H24BN2O7-. The molecular weight excluding hydrogens is 367 g/mol. The van der Waals surface area contributed by atoms with Crippen LogP contribution in [0, 0.1) is 5.92 Å². The monoisotopic (exact) mass is 391 g/mol. The van der Waals surface area contributed by atoms with Crippen molar-refractivity contribution in [3.63, 3.8) is 0 Å². The van der Waals surface area contributed by atoms with E-state index in [1.807, 2.05) is 0 Å². The average molecular weight is 391 g/mol. The van der Waals surface area contributed by atoms with Crippen LogP contribution in [0.4, 0.5) is 0 Å². The smallest absolute Gasteiger partial charge is 0.430 e. The van der Waals surface area contributed by atoms with Crippen LogP contribution < -0.4 is 14.7 Å². The highest BCUT2D eigenvalue weighted by atomic mass is 16.6. The largest absolute Gasteiger partial charge is 0.669 e. The summed E-state index contributed by atoms with van der Waals surface area (Å²) in [6.07, 6.45) is 1.55. The molecule has 1 aromatic carbocycles. The van der Waals surface area contributed by atoms with E-state index < -0.39 is 12.7 Å². The molecule has 0 aromatic heterocycles. The first-order valence-corrected chi connectivity index (χ1v) is 9.66. The molecule has 3 aliphatic heterocycles. The molecule has 152 valence electrons. The number of hydrogen-bond donors (Lipinski definition) is 4. The highest BCUT2D eigenvalue weighted by molar-refractivity contribution is 6.59. The van der Waals surface area contributed by atoms with Crippen LogP contribution in [0.1, 0.15) is 28.8 Å². The van der Waals surface area contributed by atoms with Crippen molar-refractivity contribution in [1.82, 2.24) is 10.2 Å². The zero-order valence-electron chi connectivity index (χ0n) is 15.5. The van der Waals surface area contributed by atoms with E-state index >= 15 is 0 Å². The Morgan fingerprint density at radius 3 is 2.79 bits per heavy atom. The predicted molar refractivity (Wildman–Crippen MR) is 99.3 cm³/mol. The number of nitrogens with one attached hydrogen (secondary N) is 1. The Kier molecular flexibility index (Phi) is 4.94. The SMILES string of the molecule is O=C(O)c1c(OC2CN(C(=O)CC3CCNC3)C2)ccc2c1O[B-](O)(O)CC2. The molecule has 2 fully saturated rings. The second-order valence-corrected chi connectivity index (χ2v) is 7.85. The molecule has 3 aliphatic rings. The molecule has 0 spiro atoms. The lowest BCUT2D eigenvalue weighted by Gasteiger charge is -2.40. The van der Waals surface area contributed by atoms with E-state index in [2.05, 4.69) is 5.32 Å². The molecule has 1 unspecified atom stereocenters. The van der Waals surface area contributed by atoms with Crippen molar-refractivity contribution in [2.45, 2.75) is 31.7 Å². The Morgan fingerprint density at radius 1 is 1.32 bits per heavy atom. The second-order valence-electron chi connectivity index (χ2n) is 7.85. The van der Waals surface area contributed by atoms with Crippen molar-refractivity contribution in [3.05, 3.63) is 23.3 Å². The zero-order chi connectivity index (χ0) is 19.9. The van der Waals surface area contributed by atoms with Gasteiger partial charge in [-0.05, 0) is 43.5 Å². The van der Waals surface area contributed by atoms with Crippen LogP contribution in [0.15, 0.2) is 12.1 Å². The summed E-state index contributed by atoms with van der Waals surface area (Å²) in [6.45, 7) is -0.438. The molecule has 10 heteroatoms. The van der Waals surface area contributed by atoms with Gasteiger partial charge >= 0.3 is 12.7 Å². The fourth-order valence-electron chi connectivity index (χ4n) is 3.99. The van der Waals surface area contributed by atoms with Gasteiger partial charge in [-0.25, -0.2) is 4.79 Å². The maximum absolute atomic E-state index is 12.3. The first kappa shape index (κ1) is 19.0. The molecule has 1 atom stereocenters. The van der Waals surface area contributed by atoms with Crippen LogP contribution in [-0.4, -0.2) is 71.0 Å². The van der Waals surface area contributed by atoms with Gasteiger partial charge in [0.2, 0.25) is 5.91 Å². The molecule has 0 radical (unpaired) electrons. The number of aryl methyl sites for hydroxylation is 1. The number of aromatic carboxylic acids is 1. The van der Waals surface area contributed by atoms with Crippen LogP contribution >= 0.6 is 0 Å². The van der Waals surface area contributed by atoms with Gasteiger partial charge in [0.15, 0.2) is 0 Å². The minimum Gasteiger partial charge on any atom is -0.669 e. The van der Waals surface area contributed by atoms with Gasteiger partial charge in [0, 0.05) is 6.42 Å². The number of ether oxygens (including phenoxy) is 1. The minimum absolute atomic E-state index is 0.0163. The number of likely N-dealkylation sites (tertiary alicyclic amines) is 1. The van der Waals surface area contributed by atoms with E-state index in [1.165, 1.54) is 0 Å². The van der Waals surface area contributed by atoms with Crippen LogP contribution in [0.3, 0.4) is 0 Å². The van der Waals surface area contributed by atoms with Crippen molar-refractivity contribution in [1.29, 1.82) is 0 Å². The van der Waals surface area contributed by atoms with Gasteiger partial charge in [0.1, 0.15) is 17.4 Å². The standard InChI is InChI=1S/C18H24BN2O7/c22-15(7-11-4-6-20-8-11)21-9-13(10-21)27-14-2-1-12-3-5-19(25,26)28-17(12)16(14)18(23)24/h1-2,11,13,20,25-26H,3-10H2,(H,23,24)/q-1. The maximum Gasteiger partial charge on any atom is 0.430 e. The van der Waals surface area contributed by atoms with Crippen LogP contribution in [0.25, 0.3) is 0 Å². The average Bonchev–Trinajstić information content (AvgIpc) is 3.08. The van der Waals surface area contributed by atoms with E-state index in [1.54, 1.807) is 17.0 Å². The molecule has 9 nitrogen and oxygen atoms in total. The molecule has 0 aliphatic carbocycles. The van der Waals surface area contributed by atoms with Crippen LogP contribution in [0.2, 0.25) is 6.32 Å². The number of carbonyl (C=O) groups excluding carboxylic acids is 1. The van der Waals surface area contributed by atoms with Crippen molar-refractivity contribution in [2.24, 2.45) is 5.92 Å². The normalized spacial score (nSPS) is 23.5. The Labute approximate surface area is 162 Å². The summed E-state index contributed by atoms with van der Waals surface area (Å²) in [5, 5.41) is 32.4. The first-order chi connectivity index (χ1) is 13.3. The number of amides is 1. The minimum atomic E-state index is -3.07. The summed E-state index contributed by atoms with van der Waals surface area (Å²) >= 11 is 0. The van der Waals surface area contributed by atoms with Crippen molar-refractivity contribution >= 4 is 18.6 Å². The van der Waals surface area contributed by atoms with Crippen LogP contribution in [-0.2, 0) is 11.2 Å². The van der Waals surface area contributed by atoms with Crippen LogP contribution in [0.5, 0.6) is 11.5 Å². The molecule has 1 amide bonds. The van der Waals surface area contributed by atoms with Gasteiger partial charge in [0.25, 0.3) is 0 Å². The molecule has 28 heavy (non-hydrogen) atoms. The zero-order valence-corrected chi connectivity index (χ0v) is 15.5. The summed E-state index contributed by atoms with van der Waals surface area (Å²) in [7, 11) is 0. The number of carboxylic acids is 1. The quantitative estimate of drug-likeness (QED) is 0.510. The molecule has 2 saturated heterocycles. The third-order valence-electron chi connectivity index (χ3n) is 5.63. The second kappa shape index (κ2) is 7.27. The topological polar surface area (TPSA) is 129 Å². The maximum atomic E-state index is 12.3. The number of nitrogens with zero attached hydrogens (tertiary/aromatic N) is 1. The summed E-state index contributed by atoms with van der Waals surface area (Å²) < 4.78 is 11.0. The number of carbonyl (C=O) groups is 2. The number of hydrogen-bond acceptors (Lipinski definition) is 7. The van der Waals surface area contributed by atoms with Gasteiger partial charge in [-0.1, -0.05) is 12.4 Å². The van der Waals surface area contributed by atoms with E-state index in [4.69, 9.17) is 9.39 Å². The summed E-state index contributed by atoms with van der Waals surface area (Å²) in [4.78, 5) is 25.8. The number of fused-ring (bicyclic) bond motifs is 1. The lowest BCUT2D eigenvalue weighted by molar-refractivity contribution is -0.140. The molecule has 4 N–H and O–H groups in total. The third-order valence-corrected chi connectivity index (χ3v) is 5.63. The van der Waals surface area contributed by atoms with E-state index in [0.717, 1.165) is 19.5 Å². The number of rotatable bonds is 5. The highest BCUT2D eigenvalue weighted by Crippen LogP contribution is 2.39. The number of carboxylic acid groups (broad SMARTS) is 1. The lowest BCUT2D eigenvalue weighted by Crippen LogP contribution is -2.56. The predicted octanol–water partition coefficient (Wildman–Crippen LogP) is -0.168. The Bertz CT molecular complexity index is 788. The molecule has 0 bridgehead atoms. The van der Waals surface area contributed by atoms with E-state index in [-0.39, 0.29) is 35.4 Å². The fourth-order valence-corrected chi connectivity index (χ4v) is 3.99. The lowest BCUT2D eigenvalue weighted by atomic mass is 9.70. The van der Waals surface area contributed by atoms with E-state index in [0.29, 0.717) is 37.4 Å². The molecule has 4 rings (SSSR count). The van der Waals surface area contributed by atoms with Gasteiger partial charge < -0.3 is 34.8 Å². The Balaban J connectivity index is 1.42. The highest BCUT2D eigenvalue weighted by Gasteiger charge is 2.36. The molecule has 1 aromatic rings. The summed E-state index contributed by atoms with van der Waals surface area (Å²) in [5.41, 5.74) is 0.384. The summed E-state index contributed by atoms with van der Waals surface area (Å²) in [6, 6.07) is 3.24. The molecule has 3 heterocycles. The van der Waals surface area contributed by atoms with Gasteiger partial charge in [-0.3, -0.25) is 4.79 Å². The number of benzene rings is 1. The Hall–Kier alpha value is -2.30. The van der Waals surface area contributed by atoms with Crippen molar-refractivity contribution in [2.75, 3.05) is 26.2 Å². The summed E-state index contributed by atoms with van der Waals surface area (Å²) in [5.74, 6) is -0.739. The van der Waals surface area contributed by atoms with Gasteiger partial charge in [-0.2, -0.15) is 0 Å². The fraction of sp³-hybridized carbons (Fsp3) is 0.556. The third kappa shape index (κ3) is 3.80. The van der Waals surface area contributed by atoms with E-state index in [9.17, 15) is 24.7 Å². The first-order valence-electron chi connectivity index (χ1n) is 9.66. The van der Waals surface area contributed by atoms with Crippen molar-refractivity contribution in [3.8, 4) is 11.5 Å². The Morgan fingerprint density at radius 2 is 2.11 bits per heavy atom. The van der Waals surface area contributed by atoms with Gasteiger partial charge in [-0.15, -0.1) is 0 Å². The molecule has 0 saturated carbocycles. The van der Waals surface area contributed by atoms with Crippen molar-refractivity contribution < 1.29 is 34.1 Å². The van der Waals surface area contributed by atoms with Gasteiger partial charge in [0.05, 0.1) is 18.8 Å².